The molecule has 2 atom stereocenters. The van der Waals surface area contributed by atoms with Gasteiger partial charge in [-0.05, 0) is 12.0 Å². The second-order valence-corrected chi connectivity index (χ2v) is 4.97. The van der Waals surface area contributed by atoms with Gasteiger partial charge in [0.1, 0.15) is 6.33 Å². The predicted molar refractivity (Wildman–Crippen MR) is 61.6 cm³/mol. The third-order valence-corrected chi connectivity index (χ3v) is 3.46. The van der Waals surface area contributed by atoms with Gasteiger partial charge in [0.2, 0.25) is 0 Å². The highest BCUT2D eigenvalue weighted by atomic mass is 32.2. The summed E-state index contributed by atoms with van der Waals surface area (Å²) in [7, 11) is 0. The van der Waals surface area contributed by atoms with Gasteiger partial charge in [-0.25, -0.2) is 9.97 Å². The van der Waals surface area contributed by atoms with Crippen LogP contribution in [0.15, 0.2) is 23.6 Å². The SMILES string of the molecule is CC(C)C(N)C(CO)Sc1ccncn1. The average molecular weight is 227 g/mol. The van der Waals surface area contributed by atoms with E-state index in [0.29, 0.717) is 5.92 Å². The van der Waals surface area contributed by atoms with Gasteiger partial charge in [0.15, 0.2) is 0 Å². The molecule has 15 heavy (non-hydrogen) atoms. The third-order valence-electron chi connectivity index (χ3n) is 2.21. The lowest BCUT2D eigenvalue weighted by Gasteiger charge is -2.24. The normalized spacial score (nSPS) is 15.3. The van der Waals surface area contributed by atoms with E-state index in [-0.39, 0.29) is 17.9 Å². The van der Waals surface area contributed by atoms with E-state index in [1.165, 1.54) is 18.1 Å². The molecule has 0 aliphatic heterocycles. The Balaban J connectivity index is 2.62. The van der Waals surface area contributed by atoms with E-state index < -0.39 is 0 Å². The lowest BCUT2D eigenvalue weighted by Crippen LogP contribution is -2.39. The second kappa shape index (κ2) is 6.05. The van der Waals surface area contributed by atoms with Crippen LogP contribution in [0, 0.1) is 5.92 Å². The van der Waals surface area contributed by atoms with Gasteiger partial charge in [-0.1, -0.05) is 25.6 Å². The first-order valence-electron chi connectivity index (χ1n) is 4.94. The first-order valence-corrected chi connectivity index (χ1v) is 5.82. The summed E-state index contributed by atoms with van der Waals surface area (Å²) < 4.78 is 0. The van der Waals surface area contributed by atoms with E-state index in [9.17, 15) is 5.11 Å². The van der Waals surface area contributed by atoms with Crippen molar-refractivity contribution in [1.82, 2.24) is 9.97 Å². The van der Waals surface area contributed by atoms with E-state index in [0.717, 1.165) is 5.03 Å². The summed E-state index contributed by atoms with van der Waals surface area (Å²) in [5.41, 5.74) is 5.99. The number of aliphatic hydroxyl groups is 1. The van der Waals surface area contributed by atoms with Gasteiger partial charge < -0.3 is 10.8 Å². The van der Waals surface area contributed by atoms with E-state index in [1.807, 2.05) is 19.9 Å². The Labute approximate surface area is 94.3 Å². The number of rotatable bonds is 5. The van der Waals surface area contributed by atoms with Crippen LogP contribution in [-0.4, -0.2) is 33.0 Å². The van der Waals surface area contributed by atoms with Gasteiger partial charge in [-0.15, -0.1) is 0 Å². The Hall–Kier alpha value is -0.650. The molecule has 0 radical (unpaired) electrons. The van der Waals surface area contributed by atoms with Crippen molar-refractivity contribution in [2.75, 3.05) is 6.61 Å². The van der Waals surface area contributed by atoms with Crippen LogP contribution in [0.3, 0.4) is 0 Å². The molecule has 1 aromatic rings. The number of hydrogen-bond donors (Lipinski definition) is 2. The van der Waals surface area contributed by atoms with Gasteiger partial charge in [0, 0.05) is 17.5 Å². The maximum atomic E-state index is 9.26. The zero-order valence-corrected chi connectivity index (χ0v) is 9.81. The summed E-state index contributed by atoms with van der Waals surface area (Å²) >= 11 is 1.50. The highest BCUT2D eigenvalue weighted by Gasteiger charge is 2.21. The number of thioether (sulfide) groups is 1. The number of aliphatic hydroxyl groups excluding tert-OH is 1. The van der Waals surface area contributed by atoms with Crippen LogP contribution >= 0.6 is 11.8 Å². The van der Waals surface area contributed by atoms with Crippen molar-refractivity contribution in [3.8, 4) is 0 Å². The smallest absolute Gasteiger partial charge is 0.116 e. The van der Waals surface area contributed by atoms with E-state index in [1.54, 1.807) is 6.20 Å². The molecule has 0 fully saturated rings. The summed E-state index contributed by atoms with van der Waals surface area (Å²) in [5.74, 6) is 0.344. The molecular weight excluding hydrogens is 210 g/mol. The summed E-state index contributed by atoms with van der Waals surface area (Å²) in [5, 5.41) is 10.1. The van der Waals surface area contributed by atoms with E-state index in [4.69, 9.17) is 5.73 Å². The molecule has 0 saturated heterocycles. The van der Waals surface area contributed by atoms with Crippen LogP contribution in [0.25, 0.3) is 0 Å². The largest absolute Gasteiger partial charge is 0.395 e. The maximum absolute atomic E-state index is 9.26. The first kappa shape index (κ1) is 12.4. The van der Waals surface area contributed by atoms with Crippen LogP contribution in [0.1, 0.15) is 13.8 Å². The molecule has 0 aliphatic rings. The molecule has 0 spiro atoms. The quantitative estimate of drug-likeness (QED) is 0.578. The van der Waals surface area contributed by atoms with Gasteiger partial charge in [-0.2, -0.15) is 0 Å². The molecule has 3 N–H and O–H groups in total. The minimum Gasteiger partial charge on any atom is -0.395 e. The number of hydrogen-bond acceptors (Lipinski definition) is 5. The van der Waals surface area contributed by atoms with Gasteiger partial charge in [0.05, 0.1) is 11.6 Å². The summed E-state index contributed by atoms with van der Waals surface area (Å²) in [6.07, 6.45) is 3.18. The molecule has 1 aromatic heterocycles. The summed E-state index contributed by atoms with van der Waals surface area (Å²) in [6, 6.07) is 1.79. The van der Waals surface area contributed by atoms with E-state index >= 15 is 0 Å². The van der Waals surface area contributed by atoms with Crippen molar-refractivity contribution in [1.29, 1.82) is 0 Å². The van der Waals surface area contributed by atoms with Crippen molar-refractivity contribution in [3.05, 3.63) is 18.6 Å². The zero-order chi connectivity index (χ0) is 11.3. The fourth-order valence-corrected chi connectivity index (χ4v) is 2.27. The van der Waals surface area contributed by atoms with Gasteiger partial charge in [-0.3, -0.25) is 0 Å². The Bertz CT molecular complexity index is 281. The second-order valence-electron chi connectivity index (χ2n) is 3.71. The van der Waals surface area contributed by atoms with Crippen molar-refractivity contribution in [2.24, 2.45) is 11.7 Å². The van der Waals surface area contributed by atoms with Crippen LogP contribution < -0.4 is 5.73 Å². The Morgan fingerprint density at radius 2 is 2.27 bits per heavy atom. The monoisotopic (exact) mass is 227 g/mol. The fourth-order valence-electron chi connectivity index (χ4n) is 1.17. The molecule has 2 unspecified atom stereocenters. The van der Waals surface area contributed by atoms with Crippen LogP contribution in [0.2, 0.25) is 0 Å². The highest BCUT2D eigenvalue weighted by Crippen LogP contribution is 2.24. The number of nitrogens with two attached hydrogens (primary N) is 1. The Morgan fingerprint density at radius 3 is 2.73 bits per heavy atom. The topological polar surface area (TPSA) is 72.0 Å². The molecule has 0 aromatic carbocycles. The number of aromatic nitrogens is 2. The van der Waals surface area contributed by atoms with Crippen LogP contribution in [-0.2, 0) is 0 Å². The Kier molecular flexibility index (Phi) is 5.01. The standard InChI is InChI=1S/C10H17N3OS/c1-7(2)10(11)8(5-14)15-9-3-4-12-6-13-9/h3-4,6-8,10,14H,5,11H2,1-2H3. The summed E-state index contributed by atoms with van der Waals surface area (Å²) in [6.45, 7) is 4.16. The van der Waals surface area contributed by atoms with E-state index in [2.05, 4.69) is 9.97 Å². The summed E-state index contributed by atoms with van der Waals surface area (Å²) in [4.78, 5) is 7.93. The molecule has 0 bridgehead atoms. The third kappa shape index (κ3) is 3.77. The molecular formula is C10H17N3OS. The lowest BCUT2D eigenvalue weighted by atomic mass is 10.0. The molecule has 0 aliphatic carbocycles. The van der Waals surface area contributed by atoms with Gasteiger partial charge >= 0.3 is 0 Å². The first-order chi connectivity index (χ1) is 7.15. The van der Waals surface area contributed by atoms with Crippen LogP contribution in [0.4, 0.5) is 0 Å². The molecule has 5 heteroatoms. The molecule has 0 saturated carbocycles. The molecule has 84 valence electrons. The minimum absolute atomic E-state index is 0.0140. The van der Waals surface area contributed by atoms with Crippen LogP contribution in [0.5, 0.6) is 0 Å². The van der Waals surface area contributed by atoms with Crippen molar-refractivity contribution >= 4 is 11.8 Å². The van der Waals surface area contributed by atoms with Crippen molar-refractivity contribution in [3.63, 3.8) is 0 Å². The average Bonchev–Trinajstić information content (AvgIpc) is 2.26. The highest BCUT2D eigenvalue weighted by molar-refractivity contribution is 7.99. The minimum atomic E-state index is -0.0324. The van der Waals surface area contributed by atoms with Gasteiger partial charge in [0.25, 0.3) is 0 Å². The number of nitrogens with zero attached hydrogens (tertiary/aromatic N) is 2. The maximum Gasteiger partial charge on any atom is 0.116 e. The molecule has 1 heterocycles. The Morgan fingerprint density at radius 1 is 1.53 bits per heavy atom. The fraction of sp³-hybridized carbons (Fsp3) is 0.600. The van der Waals surface area contributed by atoms with Crippen molar-refractivity contribution < 1.29 is 5.11 Å². The predicted octanol–water partition coefficient (Wildman–Crippen LogP) is 0.913. The molecule has 4 nitrogen and oxygen atoms in total. The molecule has 0 amide bonds. The van der Waals surface area contributed by atoms with Crippen molar-refractivity contribution in [2.45, 2.75) is 30.2 Å². The lowest BCUT2D eigenvalue weighted by molar-refractivity contribution is 0.269. The molecule has 1 rings (SSSR count). The zero-order valence-electron chi connectivity index (χ0n) is 9.00.